The largest absolute Gasteiger partial charge is 0.349 e. The summed E-state index contributed by atoms with van der Waals surface area (Å²) in [4.78, 5) is 12.8. The zero-order valence-electron chi connectivity index (χ0n) is 11.5. The number of nitrogens with one attached hydrogen (secondary N) is 1. The van der Waals surface area contributed by atoms with Crippen LogP contribution in [-0.2, 0) is 0 Å². The molecule has 0 aromatic carbocycles. The Bertz CT molecular complexity index is 560. The first kappa shape index (κ1) is 14.6. The number of aromatic nitrogens is 4. The van der Waals surface area contributed by atoms with Crippen LogP contribution in [0.4, 0.5) is 0 Å². The van der Waals surface area contributed by atoms with Crippen LogP contribution >= 0.6 is 11.3 Å². The van der Waals surface area contributed by atoms with Crippen LogP contribution in [0.2, 0.25) is 0 Å². The average molecular weight is 294 g/mol. The van der Waals surface area contributed by atoms with Gasteiger partial charge >= 0.3 is 0 Å². The van der Waals surface area contributed by atoms with Gasteiger partial charge in [-0.25, -0.2) is 0 Å². The van der Waals surface area contributed by atoms with Gasteiger partial charge in [-0.2, -0.15) is 4.68 Å². The van der Waals surface area contributed by atoms with Gasteiger partial charge in [0, 0.05) is 12.1 Å². The lowest BCUT2D eigenvalue weighted by molar-refractivity contribution is 0.0946. The third-order valence-electron chi connectivity index (χ3n) is 3.46. The molecule has 0 atom stereocenters. The fourth-order valence-electron chi connectivity index (χ4n) is 1.76. The van der Waals surface area contributed by atoms with Gasteiger partial charge in [-0.3, -0.25) is 4.79 Å². The van der Waals surface area contributed by atoms with Crippen LogP contribution in [0.1, 0.15) is 36.4 Å². The fraction of sp³-hybridized carbons (Fsp3) is 0.500. The highest BCUT2D eigenvalue weighted by atomic mass is 32.1. The van der Waals surface area contributed by atoms with Gasteiger partial charge < -0.3 is 11.1 Å². The molecule has 0 aliphatic carbocycles. The molecule has 0 unspecified atom stereocenters. The van der Waals surface area contributed by atoms with E-state index < -0.39 is 0 Å². The Morgan fingerprint density at radius 1 is 1.50 bits per heavy atom. The first-order valence-corrected chi connectivity index (χ1v) is 7.35. The molecule has 0 radical (unpaired) electrons. The van der Waals surface area contributed by atoms with Gasteiger partial charge in [0.15, 0.2) is 0 Å². The van der Waals surface area contributed by atoms with Crippen molar-refractivity contribution in [2.24, 2.45) is 5.73 Å². The zero-order chi connectivity index (χ0) is 14.6. The molecule has 0 spiro atoms. The molecule has 2 heterocycles. The summed E-state index contributed by atoms with van der Waals surface area (Å²) in [5.41, 5.74) is 6.50. The van der Waals surface area contributed by atoms with Crippen molar-refractivity contribution in [3.05, 3.63) is 22.7 Å². The molecule has 0 saturated carbocycles. The van der Waals surface area contributed by atoms with Gasteiger partial charge in [0.25, 0.3) is 5.91 Å². The number of rotatable bonds is 6. The predicted octanol–water partition coefficient (Wildman–Crippen LogP) is 0.971. The van der Waals surface area contributed by atoms with E-state index in [4.69, 9.17) is 5.73 Å². The van der Waals surface area contributed by atoms with E-state index in [2.05, 4.69) is 20.8 Å². The Labute approximate surface area is 121 Å². The summed E-state index contributed by atoms with van der Waals surface area (Å²) in [7, 11) is 0. The Hall–Kier alpha value is -1.80. The second-order valence-electron chi connectivity index (χ2n) is 4.64. The Kier molecular flexibility index (Phi) is 4.46. The number of nitrogens with zero attached hydrogens (tertiary/aromatic N) is 4. The van der Waals surface area contributed by atoms with Crippen molar-refractivity contribution in [3.63, 3.8) is 0 Å². The smallest absolute Gasteiger partial charge is 0.263 e. The highest BCUT2D eigenvalue weighted by Crippen LogP contribution is 2.20. The molecule has 3 N–H and O–H groups in total. The number of tetrazole rings is 1. The van der Waals surface area contributed by atoms with Crippen molar-refractivity contribution in [2.45, 2.75) is 32.2 Å². The standard InChI is InChI=1S/C12H18N6OS/c1-3-12(13,4-2)7-14-11(19)10-9(5-6-20-10)18-8-15-16-17-18/h5-6,8H,3-4,7,13H2,1-2H3,(H,14,19). The summed E-state index contributed by atoms with van der Waals surface area (Å²) in [6.45, 7) is 4.49. The highest BCUT2D eigenvalue weighted by Gasteiger charge is 2.23. The van der Waals surface area contributed by atoms with Gasteiger partial charge in [0.05, 0.1) is 5.69 Å². The molecular formula is C12H18N6OS. The molecule has 0 saturated heterocycles. The Morgan fingerprint density at radius 2 is 2.25 bits per heavy atom. The van der Waals surface area contributed by atoms with E-state index in [0.717, 1.165) is 12.8 Å². The maximum atomic E-state index is 12.3. The maximum absolute atomic E-state index is 12.3. The number of nitrogens with two attached hydrogens (primary N) is 1. The van der Waals surface area contributed by atoms with Crippen molar-refractivity contribution in [3.8, 4) is 5.69 Å². The lowest BCUT2D eigenvalue weighted by Gasteiger charge is -2.26. The minimum absolute atomic E-state index is 0.151. The summed E-state index contributed by atoms with van der Waals surface area (Å²) in [5, 5.41) is 15.7. The highest BCUT2D eigenvalue weighted by molar-refractivity contribution is 7.12. The van der Waals surface area contributed by atoms with E-state index >= 15 is 0 Å². The van der Waals surface area contributed by atoms with Crippen LogP contribution in [0.15, 0.2) is 17.8 Å². The normalized spacial score (nSPS) is 11.6. The van der Waals surface area contributed by atoms with Gasteiger partial charge in [-0.15, -0.1) is 16.4 Å². The molecule has 7 nitrogen and oxygen atoms in total. The first-order chi connectivity index (χ1) is 9.59. The molecular weight excluding hydrogens is 276 g/mol. The second kappa shape index (κ2) is 6.10. The third kappa shape index (κ3) is 3.02. The number of carbonyl (C=O) groups is 1. The number of thiophene rings is 1. The SMILES string of the molecule is CCC(N)(CC)CNC(=O)c1sccc1-n1cnnn1. The van der Waals surface area contributed by atoms with Crippen LogP contribution in [0.25, 0.3) is 5.69 Å². The lowest BCUT2D eigenvalue weighted by atomic mass is 9.94. The lowest BCUT2D eigenvalue weighted by Crippen LogP contribution is -2.49. The van der Waals surface area contributed by atoms with Gasteiger partial charge in [0.2, 0.25) is 0 Å². The predicted molar refractivity (Wildman–Crippen MR) is 76.9 cm³/mol. The van der Waals surface area contributed by atoms with E-state index in [1.807, 2.05) is 25.3 Å². The van der Waals surface area contributed by atoms with Crippen LogP contribution in [0, 0.1) is 0 Å². The number of hydrogen-bond donors (Lipinski definition) is 2. The van der Waals surface area contributed by atoms with E-state index in [9.17, 15) is 4.79 Å². The van der Waals surface area contributed by atoms with Gasteiger partial charge in [-0.1, -0.05) is 13.8 Å². The van der Waals surface area contributed by atoms with E-state index in [-0.39, 0.29) is 11.4 Å². The van der Waals surface area contributed by atoms with Crippen LogP contribution in [0.5, 0.6) is 0 Å². The molecule has 1 amide bonds. The van der Waals surface area contributed by atoms with Crippen LogP contribution in [0.3, 0.4) is 0 Å². The van der Waals surface area contributed by atoms with Crippen molar-refractivity contribution in [1.29, 1.82) is 0 Å². The molecule has 2 aromatic rings. The van der Waals surface area contributed by atoms with E-state index in [0.29, 0.717) is 17.1 Å². The first-order valence-electron chi connectivity index (χ1n) is 6.47. The molecule has 2 rings (SSSR count). The molecule has 108 valence electrons. The molecule has 20 heavy (non-hydrogen) atoms. The molecule has 8 heteroatoms. The maximum Gasteiger partial charge on any atom is 0.263 e. The van der Waals surface area contributed by atoms with E-state index in [1.54, 1.807) is 0 Å². The summed E-state index contributed by atoms with van der Waals surface area (Å²) < 4.78 is 1.47. The third-order valence-corrected chi connectivity index (χ3v) is 4.36. The molecule has 0 fully saturated rings. The minimum Gasteiger partial charge on any atom is -0.349 e. The summed E-state index contributed by atoms with van der Waals surface area (Å²) >= 11 is 1.35. The molecule has 0 bridgehead atoms. The zero-order valence-corrected chi connectivity index (χ0v) is 12.4. The molecule has 2 aromatic heterocycles. The monoisotopic (exact) mass is 294 g/mol. The topological polar surface area (TPSA) is 98.7 Å². The molecule has 0 aliphatic rings. The number of hydrogen-bond acceptors (Lipinski definition) is 6. The van der Waals surface area contributed by atoms with Crippen molar-refractivity contribution < 1.29 is 4.79 Å². The van der Waals surface area contributed by atoms with Crippen LogP contribution in [-0.4, -0.2) is 38.2 Å². The summed E-state index contributed by atoms with van der Waals surface area (Å²) in [5.74, 6) is -0.151. The van der Waals surface area contributed by atoms with Gasteiger partial charge in [0.1, 0.15) is 11.2 Å². The van der Waals surface area contributed by atoms with Gasteiger partial charge in [-0.05, 0) is 34.7 Å². The van der Waals surface area contributed by atoms with Crippen molar-refractivity contribution in [1.82, 2.24) is 25.5 Å². The number of amides is 1. The Morgan fingerprint density at radius 3 is 2.85 bits per heavy atom. The van der Waals surface area contributed by atoms with Crippen molar-refractivity contribution in [2.75, 3.05) is 6.54 Å². The van der Waals surface area contributed by atoms with Crippen molar-refractivity contribution >= 4 is 17.2 Å². The van der Waals surface area contributed by atoms with E-state index in [1.165, 1.54) is 22.3 Å². The fourth-order valence-corrected chi connectivity index (χ4v) is 2.56. The number of carbonyl (C=O) groups excluding carboxylic acids is 1. The second-order valence-corrected chi connectivity index (χ2v) is 5.56. The quantitative estimate of drug-likeness (QED) is 0.827. The van der Waals surface area contributed by atoms with Crippen LogP contribution < -0.4 is 11.1 Å². The summed E-state index contributed by atoms with van der Waals surface area (Å²) in [6, 6.07) is 1.81. The minimum atomic E-state index is -0.359. The Balaban J connectivity index is 2.09. The average Bonchev–Trinajstić information content (AvgIpc) is 3.13. The summed E-state index contributed by atoms with van der Waals surface area (Å²) in [6.07, 6.45) is 3.09. The molecule has 0 aliphatic heterocycles.